The number of alkyl halides is 3. The number of aryl methyl sites for hydroxylation is 1. The van der Waals surface area contributed by atoms with Crippen molar-refractivity contribution in [2.45, 2.75) is 37.9 Å². The van der Waals surface area contributed by atoms with E-state index in [-0.39, 0.29) is 11.8 Å². The number of hydrogen-bond donors (Lipinski definition) is 0. The van der Waals surface area contributed by atoms with Crippen LogP contribution in [0.5, 0.6) is 0 Å². The molecule has 0 aliphatic carbocycles. The maximum atomic E-state index is 12.9. The van der Waals surface area contributed by atoms with E-state index in [1.807, 2.05) is 60.8 Å². The number of amides is 1. The Labute approximate surface area is 304 Å². The summed E-state index contributed by atoms with van der Waals surface area (Å²) in [7, 11) is 0. The lowest BCUT2D eigenvalue weighted by molar-refractivity contribution is -0.203. The van der Waals surface area contributed by atoms with E-state index in [1.54, 1.807) is 27.3 Å². The van der Waals surface area contributed by atoms with E-state index < -0.39 is 24.2 Å². The van der Waals surface area contributed by atoms with E-state index in [1.165, 1.54) is 22.7 Å². The van der Waals surface area contributed by atoms with Crippen molar-refractivity contribution in [1.82, 2.24) is 19.9 Å². The largest absolute Gasteiger partial charge is 0.491 e. The van der Waals surface area contributed by atoms with Crippen LogP contribution in [0.4, 0.5) is 13.2 Å². The van der Waals surface area contributed by atoms with Crippen LogP contribution >= 0.6 is 22.7 Å². The zero-order chi connectivity index (χ0) is 36.4. The first kappa shape index (κ1) is 35.7. The maximum absolute atomic E-state index is 12.9. The molecule has 270 valence electrons. The van der Waals surface area contributed by atoms with Gasteiger partial charge in [-0.05, 0) is 73.6 Å². The van der Waals surface area contributed by atoms with E-state index in [2.05, 4.69) is 9.89 Å². The van der Waals surface area contributed by atoms with Gasteiger partial charge < -0.3 is 18.9 Å². The number of thiazole rings is 1. The van der Waals surface area contributed by atoms with Gasteiger partial charge >= 0.3 is 18.1 Å². The van der Waals surface area contributed by atoms with Gasteiger partial charge in [-0.15, -0.1) is 22.7 Å². The number of hydrogen-bond acceptors (Lipinski definition) is 11. The molecule has 1 atom stereocenters. The van der Waals surface area contributed by atoms with E-state index in [0.29, 0.717) is 74.1 Å². The van der Waals surface area contributed by atoms with Crippen molar-refractivity contribution in [1.29, 1.82) is 0 Å². The Hall–Kier alpha value is -4.70. The fourth-order valence-corrected chi connectivity index (χ4v) is 8.39. The number of nitrogens with zero attached hydrogens (tertiary/aromatic N) is 4. The lowest BCUT2D eigenvalue weighted by Gasteiger charge is -2.35. The van der Waals surface area contributed by atoms with Crippen molar-refractivity contribution in [3.8, 4) is 33.6 Å². The van der Waals surface area contributed by atoms with Crippen LogP contribution < -0.4 is 0 Å². The summed E-state index contributed by atoms with van der Waals surface area (Å²) in [6.45, 7) is 4.87. The minimum Gasteiger partial charge on any atom is -0.385 e. The first-order valence-corrected chi connectivity index (χ1v) is 18.4. The molecule has 2 aromatic carbocycles. The highest BCUT2D eigenvalue weighted by Crippen LogP contribution is 2.40. The van der Waals surface area contributed by atoms with E-state index in [9.17, 15) is 27.6 Å². The highest BCUT2D eigenvalue weighted by molar-refractivity contribution is 7.10. The fraction of sp³-hybridized carbons (Fsp3) is 0.324. The number of carbonyl (C=O) groups is 3. The molecule has 2 fully saturated rings. The Balaban J connectivity index is 1.05. The Kier molecular flexibility index (Phi) is 10.4. The third kappa shape index (κ3) is 7.58. The Morgan fingerprint density at radius 2 is 1.65 bits per heavy atom. The van der Waals surface area contributed by atoms with Gasteiger partial charge in [0.1, 0.15) is 17.5 Å². The van der Waals surface area contributed by atoms with Crippen molar-refractivity contribution < 1.29 is 41.6 Å². The molecule has 7 rings (SSSR count). The Morgan fingerprint density at radius 1 is 0.923 bits per heavy atom. The number of benzene rings is 2. The zero-order valence-corrected chi connectivity index (χ0v) is 29.6. The monoisotopic (exact) mass is 750 g/mol. The summed E-state index contributed by atoms with van der Waals surface area (Å²) in [5, 5.41) is 8.98. The molecule has 10 nitrogen and oxygen atoms in total. The number of esters is 2. The standard InChI is InChI=1S/C37H33F3N4O6S2/c1-22-30(31(42-50-22)27-5-2-4-26(20-27)23-7-9-25(10-8-23)34(45)44-15-17-48-18-16-44)28-21-52-33(41-28)24-11-13-43(14-12-24)32(29-6-3-19-51-29)35(46)49-36(47)37(38,39)40/h2-10,19-21,24,32H,11-18H2,1H3. The van der Waals surface area contributed by atoms with Crippen molar-refractivity contribution >= 4 is 40.5 Å². The predicted molar refractivity (Wildman–Crippen MR) is 188 cm³/mol. The summed E-state index contributed by atoms with van der Waals surface area (Å²) in [4.78, 5) is 46.3. The molecule has 2 saturated heterocycles. The first-order valence-electron chi connectivity index (χ1n) is 16.7. The van der Waals surface area contributed by atoms with Crippen LogP contribution in [0.1, 0.15) is 50.8 Å². The number of piperidine rings is 1. The number of rotatable bonds is 8. The van der Waals surface area contributed by atoms with Gasteiger partial charge in [0, 0.05) is 40.4 Å². The molecule has 15 heteroatoms. The summed E-state index contributed by atoms with van der Waals surface area (Å²) in [6.07, 6.45) is -4.07. The second-order valence-electron chi connectivity index (χ2n) is 12.5. The molecule has 2 aliphatic rings. The van der Waals surface area contributed by atoms with Gasteiger partial charge in [-0.1, -0.05) is 41.6 Å². The third-order valence-electron chi connectivity index (χ3n) is 9.24. The van der Waals surface area contributed by atoms with Gasteiger partial charge in [0.25, 0.3) is 5.91 Å². The SMILES string of the molecule is Cc1onc(-c2cccc(-c3ccc(C(=O)N4CCOCC4)cc3)c2)c1-c1csc(C2CCN(C(C(=O)OC(=O)C(F)(F)F)c3cccs3)CC2)n1. The first-order chi connectivity index (χ1) is 25.1. The number of carbonyl (C=O) groups excluding carboxylic acids is 3. The fourth-order valence-electron chi connectivity index (χ4n) is 6.56. The van der Waals surface area contributed by atoms with Crippen LogP contribution in [0.25, 0.3) is 33.6 Å². The van der Waals surface area contributed by atoms with Crippen molar-refractivity contribution in [2.24, 2.45) is 0 Å². The van der Waals surface area contributed by atoms with Crippen LogP contribution in [0, 0.1) is 6.92 Å². The second-order valence-corrected chi connectivity index (χ2v) is 14.4. The summed E-state index contributed by atoms with van der Waals surface area (Å²) < 4.78 is 53.8. The Morgan fingerprint density at radius 3 is 2.35 bits per heavy atom. The average Bonchev–Trinajstić information content (AvgIpc) is 3.94. The Bertz CT molecular complexity index is 2050. The lowest BCUT2D eigenvalue weighted by Crippen LogP contribution is -2.41. The van der Waals surface area contributed by atoms with E-state index in [4.69, 9.17) is 14.2 Å². The smallest absolute Gasteiger partial charge is 0.385 e. The number of aromatic nitrogens is 2. The van der Waals surface area contributed by atoms with Crippen LogP contribution in [0.3, 0.4) is 0 Å². The van der Waals surface area contributed by atoms with Crippen molar-refractivity contribution in [3.05, 3.63) is 92.6 Å². The van der Waals surface area contributed by atoms with Gasteiger partial charge in [-0.25, -0.2) is 14.6 Å². The molecule has 0 radical (unpaired) electrons. The molecule has 1 amide bonds. The minimum atomic E-state index is -5.27. The topological polar surface area (TPSA) is 115 Å². The molecular weight excluding hydrogens is 718 g/mol. The molecule has 0 N–H and O–H groups in total. The van der Waals surface area contributed by atoms with Gasteiger partial charge in [-0.2, -0.15) is 13.2 Å². The number of thiophene rings is 1. The molecular formula is C37H33F3N4O6S2. The number of halogens is 3. The van der Waals surface area contributed by atoms with Gasteiger partial charge in [-0.3, -0.25) is 9.69 Å². The predicted octanol–water partition coefficient (Wildman–Crippen LogP) is 7.53. The lowest BCUT2D eigenvalue weighted by atomic mass is 9.95. The molecule has 0 spiro atoms. The van der Waals surface area contributed by atoms with Gasteiger partial charge in [0.2, 0.25) is 0 Å². The number of likely N-dealkylation sites (tertiary alicyclic amines) is 1. The van der Waals surface area contributed by atoms with Crippen LogP contribution in [-0.4, -0.2) is 83.4 Å². The van der Waals surface area contributed by atoms with E-state index in [0.717, 1.165) is 33.0 Å². The molecule has 5 aromatic rings. The molecule has 3 aromatic heterocycles. The van der Waals surface area contributed by atoms with E-state index >= 15 is 0 Å². The molecule has 5 heterocycles. The van der Waals surface area contributed by atoms with Crippen molar-refractivity contribution in [2.75, 3.05) is 39.4 Å². The third-order valence-corrected chi connectivity index (χ3v) is 11.2. The highest BCUT2D eigenvalue weighted by Gasteiger charge is 2.45. The molecule has 1 unspecified atom stereocenters. The van der Waals surface area contributed by atoms with Gasteiger partial charge in [0.05, 0.1) is 29.5 Å². The summed E-state index contributed by atoms with van der Waals surface area (Å²) in [6, 6.07) is 17.7. The minimum absolute atomic E-state index is 0.00989. The highest BCUT2D eigenvalue weighted by atomic mass is 32.1. The summed E-state index contributed by atoms with van der Waals surface area (Å²) in [5.41, 5.74) is 5.52. The van der Waals surface area contributed by atoms with Gasteiger partial charge in [0.15, 0.2) is 0 Å². The molecule has 2 aliphatic heterocycles. The normalized spacial score (nSPS) is 16.5. The molecule has 52 heavy (non-hydrogen) atoms. The quantitative estimate of drug-likeness (QED) is 0.117. The van der Waals surface area contributed by atoms with Crippen molar-refractivity contribution in [3.63, 3.8) is 0 Å². The van der Waals surface area contributed by atoms with Crippen LogP contribution in [0.2, 0.25) is 0 Å². The number of ether oxygens (including phenoxy) is 2. The second kappa shape index (κ2) is 15.1. The summed E-state index contributed by atoms with van der Waals surface area (Å²) >= 11 is 2.73. The summed E-state index contributed by atoms with van der Waals surface area (Å²) in [5.74, 6) is -3.11. The van der Waals surface area contributed by atoms with Crippen LogP contribution in [0.15, 0.2) is 75.9 Å². The zero-order valence-electron chi connectivity index (χ0n) is 27.9. The molecule has 0 saturated carbocycles. The number of morpholine rings is 1. The maximum Gasteiger partial charge on any atom is 0.491 e. The van der Waals surface area contributed by atoms with Crippen LogP contribution in [-0.2, 0) is 19.1 Å². The average molecular weight is 751 g/mol. The molecule has 0 bridgehead atoms.